The molecular weight excluding hydrogens is 396 g/mol. The van der Waals surface area contributed by atoms with Gasteiger partial charge in [0.15, 0.2) is 0 Å². The fourth-order valence-corrected chi connectivity index (χ4v) is 1.75. The highest BCUT2D eigenvalue weighted by atomic mass is 16.5. The van der Waals surface area contributed by atoms with Gasteiger partial charge in [-0.1, -0.05) is 0 Å². The van der Waals surface area contributed by atoms with Gasteiger partial charge in [-0.3, -0.25) is 28.8 Å². The van der Waals surface area contributed by atoms with Crippen LogP contribution in [0.15, 0.2) is 0 Å². The molecule has 0 heterocycles. The van der Waals surface area contributed by atoms with Crippen molar-refractivity contribution in [1.82, 2.24) is 9.80 Å². The van der Waals surface area contributed by atoms with Gasteiger partial charge in [0.2, 0.25) is 11.8 Å². The van der Waals surface area contributed by atoms with E-state index in [1.807, 2.05) is 0 Å². The lowest BCUT2D eigenvalue weighted by atomic mass is 10.4. The van der Waals surface area contributed by atoms with E-state index in [-0.39, 0.29) is 0 Å². The number of ether oxygens (including phenoxy) is 5. The number of carbonyl (C=O) groups excluding carboxylic acids is 6. The lowest BCUT2D eigenvalue weighted by molar-refractivity contribution is -0.156. The van der Waals surface area contributed by atoms with E-state index in [1.165, 1.54) is 0 Å². The van der Waals surface area contributed by atoms with Gasteiger partial charge in [-0.05, 0) is 0 Å². The number of esters is 4. The Balaban J connectivity index is 4.84. The Hall–Kier alpha value is -3.22. The topological polar surface area (TPSA) is 155 Å². The lowest BCUT2D eigenvalue weighted by Gasteiger charge is -2.21. The second-order valence-corrected chi connectivity index (χ2v) is 5.30. The summed E-state index contributed by atoms with van der Waals surface area (Å²) in [7, 11) is 4.43. The van der Waals surface area contributed by atoms with Crippen LogP contribution < -0.4 is 0 Å². The first kappa shape index (κ1) is 25.8. The third kappa shape index (κ3) is 10.6. The summed E-state index contributed by atoms with van der Waals surface area (Å²) in [5, 5.41) is 0. The lowest BCUT2D eigenvalue weighted by Crippen LogP contribution is -2.44. The fourth-order valence-electron chi connectivity index (χ4n) is 1.75. The summed E-state index contributed by atoms with van der Waals surface area (Å²) in [5.41, 5.74) is 0. The summed E-state index contributed by atoms with van der Waals surface area (Å²) in [4.78, 5) is 71.5. The molecule has 0 rings (SSSR count). The zero-order valence-electron chi connectivity index (χ0n) is 16.6. The number of hydrogen-bond acceptors (Lipinski definition) is 11. The highest BCUT2D eigenvalue weighted by Gasteiger charge is 2.24. The zero-order chi connectivity index (χ0) is 22.4. The van der Waals surface area contributed by atoms with Gasteiger partial charge in [0.1, 0.15) is 39.4 Å². The van der Waals surface area contributed by atoms with Crippen LogP contribution in [0.1, 0.15) is 0 Å². The molecule has 0 aromatic carbocycles. The van der Waals surface area contributed by atoms with Gasteiger partial charge in [0, 0.05) is 0 Å². The zero-order valence-corrected chi connectivity index (χ0v) is 16.6. The van der Waals surface area contributed by atoms with Crippen LogP contribution in [-0.4, -0.2) is 113 Å². The number of nitrogens with zero attached hydrogens (tertiary/aromatic N) is 2. The van der Waals surface area contributed by atoms with Gasteiger partial charge in [-0.25, -0.2) is 0 Å². The van der Waals surface area contributed by atoms with Crippen LogP contribution in [0.3, 0.4) is 0 Å². The molecule has 0 aromatic rings. The van der Waals surface area contributed by atoms with Crippen LogP contribution >= 0.6 is 0 Å². The molecule has 2 amide bonds. The van der Waals surface area contributed by atoms with E-state index in [1.54, 1.807) is 0 Å². The minimum absolute atomic E-state index is 0.529. The summed E-state index contributed by atoms with van der Waals surface area (Å²) in [6.45, 7) is -3.44. The van der Waals surface area contributed by atoms with Crippen LogP contribution in [0.4, 0.5) is 0 Å². The third-order valence-electron chi connectivity index (χ3n) is 3.35. The molecule has 0 spiro atoms. The van der Waals surface area contributed by atoms with Crippen molar-refractivity contribution in [3.05, 3.63) is 0 Å². The molecule has 0 unspecified atom stereocenters. The fraction of sp³-hybridized carbons (Fsp3) is 0.625. The Labute approximate surface area is 166 Å². The second-order valence-electron chi connectivity index (χ2n) is 5.30. The number of amides is 2. The maximum Gasteiger partial charge on any atom is 0.325 e. The summed E-state index contributed by atoms with van der Waals surface area (Å²) in [5.74, 6) is -4.69. The highest BCUT2D eigenvalue weighted by Crippen LogP contribution is 1.98. The largest absolute Gasteiger partial charge is 0.468 e. The Bertz CT molecular complexity index is 532. The maximum atomic E-state index is 12.2. The van der Waals surface area contributed by atoms with E-state index >= 15 is 0 Å². The first-order valence-electron chi connectivity index (χ1n) is 8.09. The van der Waals surface area contributed by atoms with Crippen molar-refractivity contribution < 1.29 is 52.5 Å². The van der Waals surface area contributed by atoms with Gasteiger partial charge in [-0.15, -0.1) is 0 Å². The van der Waals surface area contributed by atoms with Gasteiger partial charge in [-0.2, -0.15) is 0 Å². The van der Waals surface area contributed by atoms with Crippen molar-refractivity contribution >= 4 is 35.7 Å². The SMILES string of the molecule is COC(=O)CN(CC(=O)OC)C(=O)COCC(=O)N(CC(=O)OC)CC(=O)OC. The number of methoxy groups -OCH3 is 4. The van der Waals surface area contributed by atoms with E-state index in [9.17, 15) is 28.8 Å². The van der Waals surface area contributed by atoms with E-state index in [0.29, 0.717) is 0 Å². The molecule has 0 aliphatic heterocycles. The van der Waals surface area contributed by atoms with Crippen LogP contribution in [-0.2, 0) is 52.5 Å². The van der Waals surface area contributed by atoms with E-state index in [4.69, 9.17) is 4.74 Å². The third-order valence-corrected chi connectivity index (χ3v) is 3.35. The van der Waals surface area contributed by atoms with Crippen molar-refractivity contribution in [2.24, 2.45) is 0 Å². The predicted octanol–water partition coefficient (Wildman–Crippen LogP) is -2.65. The Morgan fingerprint density at radius 3 is 0.966 bits per heavy atom. The van der Waals surface area contributed by atoms with Gasteiger partial charge in [0.25, 0.3) is 0 Å². The molecule has 13 nitrogen and oxygen atoms in total. The molecule has 0 atom stereocenters. The van der Waals surface area contributed by atoms with Crippen LogP contribution in [0, 0.1) is 0 Å². The standard InChI is InChI=1S/C16H24N2O11/c1-25-13(21)5-17(6-14(22)26-2)11(19)9-29-10-12(20)18(7-15(23)27-3)8-16(24)28-4/h5-10H2,1-4H3. The summed E-state index contributed by atoms with van der Waals surface area (Å²) < 4.78 is 22.8. The molecular formula is C16H24N2O11. The maximum absolute atomic E-state index is 12.2. The smallest absolute Gasteiger partial charge is 0.325 e. The number of rotatable bonds is 12. The van der Waals surface area contributed by atoms with Crippen molar-refractivity contribution in [3.8, 4) is 0 Å². The molecule has 0 fully saturated rings. The van der Waals surface area contributed by atoms with Gasteiger partial charge >= 0.3 is 23.9 Å². The first-order valence-corrected chi connectivity index (χ1v) is 8.09. The van der Waals surface area contributed by atoms with E-state index < -0.39 is 75.1 Å². The van der Waals surface area contributed by atoms with Crippen molar-refractivity contribution in [2.75, 3.05) is 67.8 Å². The predicted molar refractivity (Wildman–Crippen MR) is 92.0 cm³/mol. The van der Waals surface area contributed by atoms with E-state index in [2.05, 4.69) is 18.9 Å². The molecule has 0 N–H and O–H groups in total. The summed E-state index contributed by atoms with van der Waals surface area (Å²) in [6.07, 6.45) is 0. The molecule has 0 aliphatic carbocycles. The number of hydrogen-bond donors (Lipinski definition) is 0. The molecule has 29 heavy (non-hydrogen) atoms. The van der Waals surface area contributed by atoms with Crippen molar-refractivity contribution in [1.29, 1.82) is 0 Å². The molecule has 0 saturated carbocycles. The van der Waals surface area contributed by atoms with Crippen LogP contribution in [0.2, 0.25) is 0 Å². The quantitative estimate of drug-likeness (QED) is 0.240. The molecule has 0 aromatic heterocycles. The molecule has 13 heteroatoms. The average molecular weight is 420 g/mol. The summed E-state index contributed by atoms with van der Waals surface area (Å²) >= 11 is 0. The monoisotopic (exact) mass is 420 g/mol. The Morgan fingerprint density at radius 2 is 0.759 bits per heavy atom. The van der Waals surface area contributed by atoms with Crippen molar-refractivity contribution in [2.45, 2.75) is 0 Å². The molecule has 0 bridgehead atoms. The number of carbonyl (C=O) groups is 6. The molecule has 164 valence electrons. The Kier molecular flexibility index (Phi) is 12.3. The van der Waals surface area contributed by atoms with Crippen LogP contribution in [0.5, 0.6) is 0 Å². The van der Waals surface area contributed by atoms with E-state index in [0.717, 1.165) is 38.2 Å². The highest BCUT2D eigenvalue weighted by molar-refractivity contribution is 5.88. The minimum Gasteiger partial charge on any atom is -0.468 e. The normalized spacial score (nSPS) is 9.79. The minimum atomic E-state index is -0.791. The molecule has 0 aliphatic rings. The first-order chi connectivity index (χ1) is 13.7. The second kappa shape index (κ2) is 13.9. The van der Waals surface area contributed by atoms with Gasteiger partial charge in [0.05, 0.1) is 28.4 Å². The summed E-state index contributed by atoms with van der Waals surface area (Å²) in [6, 6.07) is 0. The Morgan fingerprint density at radius 1 is 0.517 bits per heavy atom. The molecule has 0 radical (unpaired) electrons. The van der Waals surface area contributed by atoms with Crippen LogP contribution in [0.25, 0.3) is 0 Å². The van der Waals surface area contributed by atoms with Gasteiger partial charge < -0.3 is 33.5 Å². The van der Waals surface area contributed by atoms with Crippen molar-refractivity contribution in [3.63, 3.8) is 0 Å². The molecule has 0 saturated heterocycles. The average Bonchev–Trinajstić information content (AvgIpc) is 2.71.